The van der Waals surface area contributed by atoms with Gasteiger partial charge in [0, 0.05) is 24.6 Å². The van der Waals surface area contributed by atoms with E-state index in [-0.39, 0.29) is 12.0 Å². The summed E-state index contributed by atoms with van der Waals surface area (Å²) in [6.45, 7) is 4.54. The van der Waals surface area contributed by atoms with Crippen LogP contribution in [0.25, 0.3) is 0 Å². The summed E-state index contributed by atoms with van der Waals surface area (Å²) in [5, 5.41) is 0. The Bertz CT molecular complexity index is 410. The molecule has 1 aliphatic heterocycles. The van der Waals surface area contributed by atoms with Gasteiger partial charge in [0.25, 0.3) is 0 Å². The summed E-state index contributed by atoms with van der Waals surface area (Å²) in [5.74, 6) is 0.744. The zero-order chi connectivity index (χ0) is 14.2. The molecule has 0 aromatic heterocycles. The zero-order valence-corrected chi connectivity index (χ0v) is 12.9. The van der Waals surface area contributed by atoms with E-state index in [1.807, 2.05) is 35.2 Å². The van der Waals surface area contributed by atoms with Crippen LogP contribution in [0.2, 0.25) is 0 Å². The molecule has 0 bridgehead atoms. The summed E-state index contributed by atoms with van der Waals surface area (Å²) in [6, 6.07) is 10.1. The fourth-order valence-corrected chi connectivity index (χ4v) is 3.16. The number of carbonyl (C=O) groups is 1. The first-order valence-electron chi connectivity index (χ1n) is 7.37. The van der Waals surface area contributed by atoms with Crippen molar-refractivity contribution in [2.45, 2.75) is 37.2 Å². The van der Waals surface area contributed by atoms with Crippen LogP contribution >= 0.6 is 11.8 Å². The largest absolute Gasteiger partial charge is 0.376 e. The van der Waals surface area contributed by atoms with Crippen LogP contribution in [0.15, 0.2) is 35.2 Å². The van der Waals surface area contributed by atoms with E-state index in [4.69, 9.17) is 4.74 Å². The van der Waals surface area contributed by atoms with E-state index in [9.17, 15) is 4.79 Å². The van der Waals surface area contributed by atoms with Crippen LogP contribution in [0.4, 0.5) is 0 Å². The van der Waals surface area contributed by atoms with E-state index < -0.39 is 0 Å². The first-order chi connectivity index (χ1) is 9.79. The number of amides is 1. The van der Waals surface area contributed by atoms with Gasteiger partial charge in [-0.3, -0.25) is 4.79 Å². The van der Waals surface area contributed by atoms with Crippen LogP contribution in [0, 0.1) is 0 Å². The molecule has 2 rings (SSSR count). The van der Waals surface area contributed by atoms with Crippen molar-refractivity contribution in [3.05, 3.63) is 30.3 Å². The fraction of sp³-hybridized carbons (Fsp3) is 0.562. The highest BCUT2D eigenvalue weighted by atomic mass is 32.2. The van der Waals surface area contributed by atoms with Gasteiger partial charge in [0.1, 0.15) is 0 Å². The van der Waals surface area contributed by atoms with Crippen LogP contribution in [0.5, 0.6) is 0 Å². The molecule has 1 amide bonds. The van der Waals surface area contributed by atoms with Gasteiger partial charge in [-0.05, 0) is 31.4 Å². The summed E-state index contributed by atoms with van der Waals surface area (Å²) in [6.07, 6.45) is 3.40. The van der Waals surface area contributed by atoms with Gasteiger partial charge in [-0.2, -0.15) is 0 Å². The van der Waals surface area contributed by atoms with E-state index in [2.05, 4.69) is 6.92 Å². The lowest BCUT2D eigenvalue weighted by atomic mass is 10.1. The highest BCUT2D eigenvalue weighted by molar-refractivity contribution is 8.00. The van der Waals surface area contributed by atoms with Crippen molar-refractivity contribution in [2.24, 2.45) is 0 Å². The second kappa shape index (κ2) is 8.32. The molecule has 1 atom stereocenters. The molecular formula is C16H23NO2S. The summed E-state index contributed by atoms with van der Waals surface area (Å²) in [5.41, 5.74) is 0. The Kier molecular flexibility index (Phi) is 6.40. The highest BCUT2D eigenvalue weighted by Crippen LogP contribution is 2.19. The number of hydrogen-bond acceptors (Lipinski definition) is 3. The minimum atomic E-state index is 0.226. The molecule has 4 heteroatoms. The first kappa shape index (κ1) is 15.4. The lowest BCUT2D eigenvalue weighted by molar-refractivity contribution is -0.132. The van der Waals surface area contributed by atoms with Gasteiger partial charge >= 0.3 is 0 Å². The summed E-state index contributed by atoms with van der Waals surface area (Å²) >= 11 is 1.61. The highest BCUT2D eigenvalue weighted by Gasteiger charge is 2.23. The lowest BCUT2D eigenvalue weighted by Crippen LogP contribution is -2.44. The Morgan fingerprint density at radius 2 is 2.20 bits per heavy atom. The first-order valence-corrected chi connectivity index (χ1v) is 8.35. The Morgan fingerprint density at radius 3 is 2.95 bits per heavy atom. The number of benzene rings is 1. The quantitative estimate of drug-likeness (QED) is 0.754. The monoisotopic (exact) mass is 293 g/mol. The van der Waals surface area contributed by atoms with E-state index in [1.54, 1.807) is 11.8 Å². The van der Waals surface area contributed by atoms with Crippen molar-refractivity contribution in [1.82, 2.24) is 4.90 Å². The van der Waals surface area contributed by atoms with E-state index in [1.165, 1.54) is 0 Å². The minimum Gasteiger partial charge on any atom is -0.376 e. The number of likely N-dealkylation sites (tertiary alicyclic amines) is 1. The molecule has 20 heavy (non-hydrogen) atoms. The van der Waals surface area contributed by atoms with Gasteiger partial charge in [-0.25, -0.2) is 0 Å². The Morgan fingerprint density at radius 1 is 1.40 bits per heavy atom. The predicted molar refractivity (Wildman–Crippen MR) is 83.0 cm³/mol. The topological polar surface area (TPSA) is 29.5 Å². The maximum absolute atomic E-state index is 12.2. The Hall–Kier alpha value is -1.00. The second-order valence-corrected chi connectivity index (χ2v) is 6.13. The minimum absolute atomic E-state index is 0.226. The molecule has 0 aliphatic carbocycles. The molecule has 0 saturated carbocycles. The number of ether oxygens (including phenoxy) is 1. The molecule has 0 radical (unpaired) electrons. The zero-order valence-electron chi connectivity index (χ0n) is 12.1. The summed E-state index contributed by atoms with van der Waals surface area (Å²) in [4.78, 5) is 15.3. The van der Waals surface area contributed by atoms with Gasteiger partial charge in [0.2, 0.25) is 5.91 Å². The molecule has 1 saturated heterocycles. The molecule has 1 unspecified atom stereocenters. The van der Waals surface area contributed by atoms with Crippen molar-refractivity contribution < 1.29 is 9.53 Å². The van der Waals surface area contributed by atoms with E-state index in [0.29, 0.717) is 5.75 Å². The average molecular weight is 293 g/mol. The molecule has 3 nitrogen and oxygen atoms in total. The molecule has 1 aliphatic rings. The van der Waals surface area contributed by atoms with E-state index in [0.717, 1.165) is 43.9 Å². The number of carbonyl (C=O) groups excluding carboxylic acids is 1. The molecular weight excluding hydrogens is 270 g/mol. The normalized spacial score (nSPS) is 19.1. The van der Waals surface area contributed by atoms with Gasteiger partial charge in [-0.1, -0.05) is 25.1 Å². The Labute approximate surface area is 125 Å². The van der Waals surface area contributed by atoms with Crippen molar-refractivity contribution in [3.8, 4) is 0 Å². The van der Waals surface area contributed by atoms with Crippen molar-refractivity contribution in [3.63, 3.8) is 0 Å². The average Bonchev–Trinajstić information content (AvgIpc) is 2.52. The van der Waals surface area contributed by atoms with Crippen LogP contribution in [-0.2, 0) is 9.53 Å². The third-order valence-electron chi connectivity index (χ3n) is 3.39. The third-order valence-corrected chi connectivity index (χ3v) is 4.39. The van der Waals surface area contributed by atoms with Crippen molar-refractivity contribution >= 4 is 17.7 Å². The van der Waals surface area contributed by atoms with Crippen molar-refractivity contribution in [2.75, 3.05) is 25.4 Å². The molecule has 1 heterocycles. The van der Waals surface area contributed by atoms with Gasteiger partial charge < -0.3 is 9.64 Å². The maximum atomic E-state index is 12.2. The van der Waals surface area contributed by atoms with Gasteiger partial charge in [0.15, 0.2) is 0 Å². The molecule has 1 aromatic carbocycles. The van der Waals surface area contributed by atoms with Gasteiger partial charge in [0.05, 0.1) is 11.9 Å². The Balaban J connectivity index is 1.77. The number of thioether (sulfide) groups is 1. The SMILES string of the molecule is CCCOC1CCCN(C(=O)CSc2ccccc2)C1. The smallest absolute Gasteiger partial charge is 0.233 e. The molecule has 0 spiro atoms. The fourth-order valence-electron chi connectivity index (χ4n) is 2.34. The predicted octanol–water partition coefficient (Wildman–Crippen LogP) is 3.20. The summed E-state index contributed by atoms with van der Waals surface area (Å²) < 4.78 is 5.77. The maximum Gasteiger partial charge on any atom is 0.233 e. The standard InChI is InChI=1S/C16H23NO2S/c1-2-11-19-14-7-6-10-17(12-14)16(18)13-20-15-8-4-3-5-9-15/h3-5,8-9,14H,2,6-7,10-13H2,1H3. The molecule has 1 aromatic rings. The van der Waals surface area contributed by atoms with Crippen molar-refractivity contribution in [1.29, 1.82) is 0 Å². The van der Waals surface area contributed by atoms with Crippen LogP contribution < -0.4 is 0 Å². The number of rotatable bonds is 6. The van der Waals surface area contributed by atoms with Crippen LogP contribution in [-0.4, -0.2) is 42.4 Å². The van der Waals surface area contributed by atoms with Crippen LogP contribution in [0.3, 0.4) is 0 Å². The number of nitrogens with zero attached hydrogens (tertiary/aromatic N) is 1. The molecule has 1 fully saturated rings. The number of hydrogen-bond donors (Lipinski definition) is 0. The summed E-state index contributed by atoms with van der Waals surface area (Å²) in [7, 11) is 0. The van der Waals surface area contributed by atoms with Crippen LogP contribution in [0.1, 0.15) is 26.2 Å². The van der Waals surface area contributed by atoms with Gasteiger partial charge in [-0.15, -0.1) is 11.8 Å². The lowest BCUT2D eigenvalue weighted by Gasteiger charge is -2.32. The third kappa shape index (κ3) is 4.84. The van der Waals surface area contributed by atoms with E-state index >= 15 is 0 Å². The molecule has 110 valence electrons. The number of piperidine rings is 1. The second-order valence-electron chi connectivity index (χ2n) is 5.08. The molecule has 0 N–H and O–H groups in total.